The maximum Gasteiger partial charge on any atom is 0.159 e. The summed E-state index contributed by atoms with van der Waals surface area (Å²) in [4.78, 5) is 15.3. The van der Waals surface area contributed by atoms with Crippen LogP contribution in [-0.2, 0) is 10.3 Å². The predicted octanol–water partition coefficient (Wildman–Crippen LogP) is 2.68. The van der Waals surface area contributed by atoms with E-state index in [9.17, 15) is 4.79 Å². The van der Waals surface area contributed by atoms with Gasteiger partial charge in [0.1, 0.15) is 5.15 Å². The van der Waals surface area contributed by atoms with Crippen LogP contribution >= 0.6 is 23.2 Å². The Morgan fingerprint density at radius 1 is 1.50 bits per heavy atom. The maximum absolute atomic E-state index is 11.4. The quantitative estimate of drug-likeness (QED) is 0.786. The highest BCUT2D eigenvalue weighted by molar-refractivity contribution is 6.41. The highest BCUT2D eigenvalue weighted by atomic mass is 35.5. The van der Waals surface area contributed by atoms with E-state index in [4.69, 9.17) is 23.2 Å². The fourth-order valence-electron chi connectivity index (χ4n) is 1.79. The summed E-state index contributed by atoms with van der Waals surface area (Å²) in [6, 6.07) is 1.77. The Balaban J connectivity index is 2.47. The van der Waals surface area contributed by atoms with Crippen molar-refractivity contribution in [2.24, 2.45) is 0 Å². The summed E-state index contributed by atoms with van der Waals surface area (Å²) in [5, 5.41) is 3.78. The molecule has 0 spiro atoms. The molecule has 0 bridgehead atoms. The average Bonchev–Trinajstić information content (AvgIpc) is 2.21. The Morgan fingerprint density at radius 2 is 2.25 bits per heavy atom. The number of carbonyl (C=O) groups excluding carboxylic acids is 1. The van der Waals surface area contributed by atoms with E-state index in [-0.39, 0.29) is 10.9 Å². The smallest absolute Gasteiger partial charge is 0.159 e. The van der Waals surface area contributed by atoms with Crippen LogP contribution in [0.25, 0.3) is 0 Å². The van der Waals surface area contributed by atoms with Crippen molar-refractivity contribution in [1.29, 1.82) is 0 Å². The van der Waals surface area contributed by atoms with E-state index in [0.717, 1.165) is 5.56 Å². The zero-order valence-electron chi connectivity index (χ0n) is 8.63. The van der Waals surface area contributed by atoms with Gasteiger partial charge >= 0.3 is 0 Å². The molecule has 1 aromatic rings. The summed E-state index contributed by atoms with van der Waals surface area (Å²) in [5.74, 6) is 0.0604. The molecule has 1 aliphatic heterocycles. The van der Waals surface area contributed by atoms with Gasteiger partial charge in [0.15, 0.2) is 5.78 Å². The fourth-order valence-corrected chi connectivity index (χ4v) is 2.27. The molecule has 2 heterocycles. The van der Waals surface area contributed by atoms with E-state index in [1.165, 1.54) is 6.08 Å². The molecular formula is C11H10Cl2N2O. The summed E-state index contributed by atoms with van der Waals surface area (Å²) in [5.41, 5.74) is 0.266. The normalized spacial score (nSPS) is 24.3. The first-order chi connectivity index (χ1) is 7.53. The molecule has 1 N–H and O–H groups in total. The lowest BCUT2D eigenvalue weighted by molar-refractivity contribution is -0.116. The monoisotopic (exact) mass is 256 g/mol. The SMILES string of the molecule is CC1(c2ccnc(Cl)c2Cl)CC(=O)C=CN1. The van der Waals surface area contributed by atoms with Gasteiger partial charge in [0.05, 0.1) is 10.6 Å². The van der Waals surface area contributed by atoms with Crippen molar-refractivity contribution in [3.8, 4) is 0 Å². The molecule has 1 aromatic heterocycles. The summed E-state index contributed by atoms with van der Waals surface area (Å²) < 4.78 is 0. The molecule has 2 rings (SSSR count). The van der Waals surface area contributed by atoms with Gasteiger partial charge in [-0.15, -0.1) is 0 Å². The number of hydrogen-bond acceptors (Lipinski definition) is 3. The van der Waals surface area contributed by atoms with Crippen LogP contribution in [0.3, 0.4) is 0 Å². The zero-order valence-corrected chi connectivity index (χ0v) is 10.1. The van der Waals surface area contributed by atoms with E-state index in [1.54, 1.807) is 18.5 Å². The number of nitrogens with zero attached hydrogens (tertiary/aromatic N) is 1. The lowest BCUT2D eigenvalue weighted by Crippen LogP contribution is -2.41. The van der Waals surface area contributed by atoms with Gasteiger partial charge in [-0.25, -0.2) is 4.98 Å². The van der Waals surface area contributed by atoms with Gasteiger partial charge in [-0.05, 0) is 19.1 Å². The Kier molecular flexibility index (Phi) is 2.91. The molecule has 84 valence electrons. The third kappa shape index (κ3) is 1.93. The molecule has 0 aromatic carbocycles. The van der Waals surface area contributed by atoms with Crippen molar-refractivity contribution in [2.75, 3.05) is 0 Å². The fraction of sp³-hybridized carbons (Fsp3) is 0.273. The molecule has 3 nitrogen and oxygen atoms in total. The van der Waals surface area contributed by atoms with Gasteiger partial charge in [-0.3, -0.25) is 4.79 Å². The number of hydrogen-bond donors (Lipinski definition) is 1. The zero-order chi connectivity index (χ0) is 11.8. The van der Waals surface area contributed by atoms with E-state index in [0.29, 0.717) is 11.4 Å². The van der Waals surface area contributed by atoms with Crippen LogP contribution in [-0.4, -0.2) is 10.8 Å². The van der Waals surface area contributed by atoms with Crippen LogP contribution in [0, 0.1) is 0 Å². The van der Waals surface area contributed by atoms with Gasteiger partial charge in [0, 0.05) is 24.4 Å². The second kappa shape index (κ2) is 4.07. The summed E-state index contributed by atoms with van der Waals surface area (Å²) in [6.07, 6.45) is 5.08. The number of aromatic nitrogens is 1. The Hall–Kier alpha value is -1.06. The Bertz CT molecular complexity index is 473. The molecule has 0 aliphatic carbocycles. The minimum Gasteiger partial charge on any atom is -0.381 e. The molecule has 16 heavy (non-hydrogen) atoms. The van der Waals surface area contributed by atoms with Crippen LogP contribution in [0.5, 0.6) is 0 Å². The second-order valence-corrected chi connectivity index (χ2v) is 4.65. The molecule has 5 heteroatoms. The van der Waals surface area contributed by atoms with Crippen LogP contribution < -0.4 is 5.32 Å². The highest BCUT2D eigenvalue weighted by Gasteiger charge is 2.32. The standard InChI is InChI=1S/C11H10Cl2N2O/c1-11(6-7(16)2-5-15-11)8-3-4-14-10(13)9(8)12/h2-5,15H,6H2,1H3. The summed E-state index contributed by atoms with van der Waals surface area (Å²) in [6.45, 7) is 1.91. The van der Waals surface area contributed by atoms with Crippen molar-refractivity contribution in [3.05, 3.63) is 40.3 Å². The van der Waals surface area contributed by atoms with Crippen LogP contribution in [0.1, 0.15) is 18.9 Å². The average molecular weight is 257 g/mol. The van der Waals surface area contributed by atoms with Crippen molar-refractivity contribution in [3.63, 3.8) is 0 Å². The highest BCUT2D eigenvalue weighted by Crippen LogP contribution is 2.35. The van der Waals surface area contributed by atoms with Crippen molar-refractivity contribution in [1.82, 2.24) is 10.3 Å². The molecule has 1 aliphatic rings. The third-order valence-corrected chi connectivity index (χ3v) is 3.41. The van der Waals surface area contributed by atoms with Crippen molar-refractivity contribution in [2.45, 2.75) is 18.9 Å². The molecule has 0 radical (unpaired) electrons. The summed E-state index contributed by atoms with van der Waals surface area (Å²) >= 11 is 12.0. The first kappa shape index (κ1) is 11.4. The lowest BCUT2D eigenvalue weighted by Gasteiger charge is -2.33. The van der Waals surface area contributed by atoms with Crippen LogP contribution in [0.15, 0.2) is 24.5 Å². The number of pyridine rings is 1. The molecule has 1 atom stereocenters. The number of ketones is 1. The second-order valence-electron chi connectivity index (χ2n) is 3.92. The number of halogens is 2. The van der Waals surface area contributed by atoms with Gasteiger partial charge in [0.2, 0.25) is 0 Å². The van der Waals surface area contributed by atoms with E-state index in [1.807, 2.05) is 6.92 Å². The number of nitrogens with one attached hydrogen (secondary N) is 1. The first-order valence-corrected chi connectivity index (χ1v) is 5.56. The Morgan fingerprint density at radius 3 is 2.94 bits per heavy atom. The number of carbonyl (C=O) groups is 1. The van der Waals surface area contributed by atoms with Crippen LogP contribution in [0.4, 0.5) is 0 Å². The molecular weight excluding hydrogens is 247 g/mol. The molecule has 0 amide bonds. The van der Waals surface area contributed by atoms with Gasteiger partial charge in [0.25, 0.3) is 0 Å². The van der Waals surface area contributed by atoms with Gasteiger partial charge in [-0.1, -0.05) is 23.2 Å². The Labute approximate surface area is 103 Å². The van der Waals surface area contributed by atoms with Gasteiger partial charge < -0.3 is 5.32 Å². The van der Waals surface area contributed by atoms with Crippen LogP contribution in [0.2, 0.25) is 10.2 Å². The minimum atomic E-state index is -0.518. The van der Waals surface area contributed by atoms with E-state index < -0.39 is 5.54 Å². The van der Waals surface area contributed by atoms with Gasteiger partial charge in [-0.2, -0.15) is 0 Å². The van der Waals surface area contributed by atoms with Crippen molar-refractivity contribution < 1.29 is 4.79 Å². The number of rotatable bonds is 1. The predicted molar refractivity (Wildman–Crippen MR) is 63.5 cm³/mol. The third-order valence-electron chi connectivity index (χ3n) is 2.64. The molecule has 1 unspecified atom stereocenters. The largest absolute Gasteiger partial charge is 0.381 e. The molecule has 0 saturated heterocycles. The lowest BCUT2D eigenvalue weighted by atomic mass is 9.86. The molecule has 0 saturated carbocycles. The van der Waals surface area contributed by atoms with Crippen molar-refractivity contribution >= 4 is 29.0 Å². The molecule has 0 fully saturated rings. The topological polar surface area (TPSA) is 42.0 Å². The minimum absolute atomic E-state index is 0.0604. The number of allylic oxidation sites excluding steroid dienone is 1. The maximum atomic E-state index is 11.4. The summed E-state index contributed by atoms with van der Waals surface area (Å²) in [7, 11) is 0. The van der Waals surface area contributed by atoms with E-state index in [2.05, 4.69) is 10.3 Å². The first-order valence-electron chi connectivity index (χ1n) is 4.80. The van der Waals surface area contributed by atoms with E-state index >= 15 is 0 Å².